The first-order chi connectivity index (χ1) is 9.90. The molecule has 2 rings (SSSR count). The standard InChI is InChI=1S/C13H14F2N2O4/c1-7(12-3-2-4-21-12)16-13(18)8-5-10(15)11(17(19)20)6-9(8)14/h5-7,12H,2-4H2,1H3,(H,16,18). The Balaban J connectivity index is 2.15. The average Bonchev–Trinajstić information content (AvgIpc) is 2.94. The van der Waals surface area contributed by atoms with E-state index in [2.05, 4.69) is 5.32 Å². The molecule has 1 N–H and O–H groups in total. The first-order valence-corrected chi connectivity index (χ1v) is 6.46. The van der Waals surface area contributed by atoms with E-state index in [0.29, 0.717) is 18.7 Å². The molecule has 6 nitrogen and oxygen atoms in total. The molecular weight excluding hydrogens is 286 g/mol. The third-order valence-corrected chi connectivity index (χ3v) is 3.36. The number of benzene rings is 1. The normalized spacial score (nSPS) is 19.3. The zero-order valence-corrected chi connectivity index (χ0v) is 11.3. The molecule has 0 saturated carbocycles. The highest BCUT2D eigenvalue weighted by atomic mass is 19.1. The summed E-state index contributed by atoms with van der Waals surface area (Å²) >= 11 is 0. The van der Waals surface area contributed by atoms with Crippen LogP contribution in [0.3, 0.4) is 0 Å². The summed E-state index contributed by atoms with van der Waals surface area (Å²) in [6, 6.07) is 0.573. The van der Waals surface area contributed by atoms with Crippen LogP contribution in [-0.2, 0) is 4.74 Å². The van der Waals surface area contributed by atoms with Gasteiger partial charge >= 0.3 is 5.69 Å². The topological polar surface area (TPSA) is 81.5 Å². The predicted octanol–water partition coefficient (Wildman–Crippen LogP) is 2.17. The summed E-state index contributed by atoms with van der Waals surface area (Å²) in [5.74, 6) is -3.22. The van der Waals surface area contributed by atoms with Crippen molar-refractivity contribution in [1.29, 1.82) is 0 Å². The molecule has 0 radical (unpaired) electrons. The molecule has 2 unspecified atom stereocenters. The van der Waals surface area contributed by atoms with Crippen molar-refractivity contribution in [2.24, 2.45) is 0 Å². The summed E-state index contributed by atoms with van der Waals surface area (Å²) in [6.45, 7) is 2.30. The third-order valence-electron chi connectivity index (χ3n) is 3.36. The van der Waals surface area contributed by atoms with Gasteiger partial charge in [-0.25, -0.2) is 4.39 Å². The van der Waals surface area contributed by atoms with Gasteiger partial charge in [0.15, 0.2) is 0 Å². The summed E-state index contributed by atoms with van der Waals surface area (Å²) in [6.07, 6.45) is 1.49. The number of nitro groups is 1. The second kappa shape index (κ2) is 6.13. The number of nitro benzene ring substituents is 1. The lowest BCUT2D eigenvalue weighted by Gasteiger charge is -2.20. The predicted molar refractivity (Wildman–Crippen MR) is 68.9 cm³/mol. The first kappa shape index (κ1) is 15.3. The van der Waals surface area contributed by atoms with Crippen molar-refractivity contribution < 1.29 is 23.2 Å². The lowest BCUT2D eigenvalue weighted by atomic mass is 10.1. The fourth-order valence-electron chi connectivity index (χ4n) is 2.22. The molecule has 0 aromatic heterocycles. The van der Waals surface area contributed by atoms with Crippen molar-refractivity contribution in [3.8, 4) is 0 Å². The molecule has 1 fully saturated rings. The van der Waals surface area contributed by atoms with Crippen molar-refractivity contribution in [2.45, 2.75) is 31.9 Å². The lowest BCUT2D eigenvalue weighted by molar-refractivity contribution is -0.387. The van der Waals surface area contributed by atoms with Crippen molar-refractivity contribution in [1.82, 2.24) is 5.32 Å². The monoisotopic (exact) mass is 300 g/mol. The van der Waals surface area contributed by atoms with Crippen molar-refractivity contribution >= 4 is 11.6 Å². The second-order valence-corrected chi connectivity index (χ2v) is 4.85. The van der Waals surface area contributed by atoms with Gasteiger partial charge in [0.1, 0.15) is 5.82 Å². The van der Waals surface area contributed by atoms with Crippen LogP contribution in [0.5, 0.6) is 0 Å². The molecule has 1 aromatic carbocycles. The smallest absolute Gasteiger partial charge is 0.307 e. The number of hydrogen-bond acceptors (Lipinski definition) is 4. The quantitative estimate of drug-likeness (QED) is 0.682. The molecule has 1 aliphatic rings. The molecule has 0 bridgehead atoms. The van der Waals surface area contributed by atoms with E-state index >= 15 is 0 Å². The van der Waals surface area contributed by atoms with E-state index in [0.717, 1.165) is 12.8 Å². The Morgan fingerprint density at radius 1 is 1.48 bits per heavy atom. The molecule has 1 aromatic rings. The highest BCUT2D eigenvalue weighted by molar-refractivity contribution is 5.95. The number of ether oxygens (including phenoxy) is 1. The van der Waals surface area contributed by atoms with E-state index in [9.17, 15) is 23.7 Å². The van der Waals surface area contributed by atoms with Crippen LogP contribution in [0.4, 0.5) is 14.5 Å². The minimum absolute atomic E-state index is 0.167. The van der Waals surface area contributed by atoms with Crippen LogP contribution in [0.1, 0.15) is 30.1 Å². The van der Waals surface area contributed by atoms with Crippen LogP contribution < -0.4 is 5.32 Å². The molecule has 114 valence electrons. The van der Waals surface area contributed by atoms with Gasteiger partial charge in [0.05, 0.1) is 28.7 Å². The molecule has 1 heterocycles. The zero-order chi connectivity index (χ0) is 15.6. The van der Waals surface area contributed by atoms with Gasteiger partial charge in [-0.3, -0.25) is 14.9 Å². The number of amides is 1. The Morgan fingerprint density at radius 3 is 2.76 bits per heavy atom. The fraction of sp³-hybridized carbons (Fsp3) is 0.462. The highest BCUT2D eigenvalue weighted by Crippen LogP contribution is 2.22. The molecule has 8 heteroatoms. The van der Waals surface area contributed by atoms with Crippen molar-refractivity contribution in [3.05, 3.63) is 39.4 Å². The summed E-state index contributed by atoms with van der Waals surface area (Å²) in [5, 5.41) is 13.0. The molecular formula is C13H14F2N2O4. The molecule has 1 amide bonds. The SMILES string of the molecule is CC(NC(=O)c1cc(F)c([N+](=O)[O-])cc1F)C1CCCO1. The summed E-state index contributed by atoms with van der Waals surface area (Å²) in [5.41, 5.74) is -1.57. The number of nitrogens with one attached hydrogen (secondary N) is 1. The van der Waals surface area contributed by atoms with Gasteiger partial charge in [-0.05, 0) is 25.8 Å². The minimum Gasteiger partial charge on any atom is -0.376 e. The maximum Gasteiger partial charge on any atom is 0.307 e. The maximum atomic E-state index is 13.7. The van der Waals surface area contributed by atoms with Crippen LogP contribution in [-0.4, -0.2) is 29.6 Å². The molecule has 1 saturated heterocycles. The number of halogens is 2. The minimum atomic E-state index is -1.25. The van der Waals surface area contributed by atoms with Crippen LogP contribution in [0, 0.1) is 21.7 Å². The Hall–Kier alpha value is -2.09. The van der Waals surface area contributed by atoms with Crippen LogP contribution in [0.15, 0.2) is 12.1 Å². The highest BCUT2D eigenvalue weighted by Gasteiger charge is 2.26. The Labute approximate surface area is 119 Å². The summed E-state index contributed by atoms with van der Waals surface area (Å²) in [4.78, 5) is 21.4. The van der Waals surface area contributed by atoms with E-state index < -0.39 is 33.7 Å². The largest absolute Gasteiger partial charge is 0.376 e. The van der Waals surface area contributed by atoms with Gasteiger partial charge in [0.2, 0.25) is 5.82 Å². The van der Waals surface area contributed by atoms with E-state index in [1.54, 1.807) is 6.92 Å². The Bertz CT molecular complexity index is 574. The van der Waals surface area contributed by atoms with Gasteiger partial charge in [-0.15, -0.1) is 0 Å². The first-order valence-electron chi connectivity index (χ1n) is 6.46. The molecule has 1 aliphatic heterocycles. The van der Waals surface area contributed by atoms with Gasteiger partial charge in [-0.1, -0.05) is 0 Å². The molecule has 0 spiro atoms. The number of carbonyl (C=O) groups is 1. The number of hydrogen-bond donors (Lipinski definition) is 1. The average molecular weight is 300 g/mol. The van der Waals surface area contributed by atoms with Crippen LogP contribution in [0.25, 0.3) is 0 Å². The number of carbonyl (C=O) groups excluding carboxylic acids is 1. The zero-order valence-electron chi connectivity index (χ0n) is 11.3. The van der Waals surface area contributed by atoms with E-state index in [1.807, 2.05) is 0 Å². The van der Waals surface area contributed by atoms with Crippen molar-refractivity contribution in [3.63, 3.8) is 0 Å². The Kier molecular flexibility index (Phi) is 4.46. The molecule has 0 aliphatic carbocycles. The number of rotatable bonds is 4. The second-order valence-electron chi connectivity index (χ2n) is 4.85. The van der Waals surface area contributed by atoms with Gasteiger partial charge in [0, 0.05) is 6.61 Å². The van der Waals surface area contributed by atoms with E-state index in [1.165, 1.54) is 0 Å². The van der Waals surface area contributed by atoms with Crippen molar-refractivity contribution in [2.75, 3.05) is 6.61 Å². The maximum absolute atomic E-state index is 13.7. The van der Waals surface area contributed by atoms with E-state index in [-0.39, 0.29) is 12.1 Å². The van der Waals surface area contributed by atoms with E-state index in [4.69, 9.17) is 4.74 Å². The molecule has 2 atom stereocenters. The van der Waals surface area contributed by atoms with Gasteiger partial charge in [-0.2, -0.15) is 4.39 Å². The van der Waals surface area contributed by atoms with Crippen LogP contribution >= 0.6 is 0 Å². The summed E-state index contributed by atoms with van der Waals surface area (Å²) in [7, 11) is 0. The lowest BCUT2D eigenvalue weighted by Crippen LogP contribution is -2.41. The van der Waals surface area contributed by atoms with Crippen LogP contribution in [0.2, 0.25) is 0 Å². The fourth-order valence-corrected chi connectivity index (χ4v) is 2.22. The van der Waals surface area contributed by atoms with Gasteiger partial charge in [0.25, 0.3) is 5.91 Å². The third kappa shape index (κ3) is 3.33. The van der Waals surface area contributed by atoms with Gasteiger partial charge < -0.3 is 10.1 Å². The molecule has 21 heavy (non-hydrogen) atoms. The number of nitrogens with zero attached hydrogens (tertiary/aromatic N) is 1. The Morgan fingerprint density at radius 2 is 2.19 bits per heavy atom. The summed E-state index contributed by atoms with van der Waals surface area (Å²) < 4.78 is 32.6.